The Labute approximate surface area is 84.5 Å². The van der Waals surface area contributed by atoms with E-state index in [1.165, 1.54) is 12.5 Å². The molecule has 70 valence electrons. The van der Waals surface area contributed by atoms with Crippen LogP contribution < -0.4 is 0 Å². The minimum atomic E-state index is -0.124. The van der Waals surface area contributed by atoms with E-state index in [0.29, 0.717) is 11.5 Å². The van der Waals surface area contributed by atoms with Crippen molar-refractivity contribution < 1.29 is 9.47 Å². The molecule has 4 heteroatoms. The molecule has 0 aromatic rings. The van der Waals surface area contributed by atoms with Gasteiger partial charge in [0.05, 0.1) is 12.5 Å². The van der Waals surface area contributed by atoms with Crippen molar-refractivity contribution in [3.8, 4) is 0 Å². The number of rotatable bonds is 7. The van der Waals surface area contributed by atoms with Crippen LogP contribution in [0.3, 0.4) is 0 Å². The van der Waals surface area contributed by atoms with Gasteiger partial charge in [-0.15, -0.1) is 0 Å². The van der Waals surface area contributed by atoms with Gasteiger partial charge in [-0.25, -0.2) is 0 Å². The van der Waals surface area contributed by atoms with Crippen LogP contribution in [0, 0.1) is 0 Å². The minimum absolute atomic E-state index is 0.124. The number of ether oxygens (including phenoxy) is 2. The van der Waals surface area contributed by atoms with Crippen molar-refractivity contribution in [2.75, 3.05) is 11.5 Å². The molecule has 0 bridgehead atoms. The van der Waals surface area contributed by atoms with Gasteiger partial charge in [-0.2, -0.15) is 25.3 Å². The van der Waals surface area contributed by atoms with E-state index in [2.05, 4.69) is 38.4 Å². The van der Waals surface area contributed by atoms with Crippen molar-refractivity contribution in [1.29, 1.82) is 0 Å². The van der Waals surface area contributed by atoms with Crippen LogP contribution in [0.4, 0.5) is 0 Å². The first-order valence-electron chi connectivity index (χ1n) is 3.54. The Bertz CT molecular complexity index is 123. The van der Waals surface area contributed by atoms with Crippen molar-refractivity contribution in [3.63, 3.8) is 0 Å². The molecule has 0 saturated heterocycles. The third-order valence-electron chi connectivity index (χ3n) is 1.32. The van der Waals surface area contributed by atoms with Crippen molar-refractivity contribution in [1.82, 2.24) is 0 Å². The molecular weight excluding hydrogens is 192 g/mol. The average molecular weight is 206 g/mol. The lowest BCUT2D eigenvalue weighted by atomic mass is 10.2. The molecule has 0 aliphatic carbocycles. The highest BCUT2D eigenvalue weighted by Gasteiger charge is 2.19. The fourth-order valence-electron chi connectivity index (χ4n) is 0.744. The van der Waals surface area contributed by atoms with E-state index in [-0.39, 0.29) is 12.2 Å². The summed E-state index contributed by atoms with van der Waals surface area (Å²) >= 11 is 8.23. The van der Waals surface area contributed by atoms with E-state index in [1.807, 2.05) is 0 Å². The molecule has 0 rings (SSSR count). The molecule has 0 saturated carbocycles. The van der Waals surface area contributed by atoms with Gasteiger partial charge >= 0.3 is 0 Å². The number of hydrogen-bond donors (Lipinski definition) is 2. The first-order chi connectivity index (χ1) is 5.79. The van der Waals surface area contributed by atoms with E-state index in [1.54, 1.807) is 0 Å². The summed E-state index contributed by atoms with van der Waals surface area (Å²) in [7, 11) is 0. The Kier molecular flexibility index (Phi) is 7.29. The fraction of sp³-hybridized carbons (Fsp3) is 0.500. The van der Waals surface area contributed by atoms with E-state index in [9.17, 15) is 0 Å². The smallest absolute Gasteiger partial charge is 0.144 e. The molecule has 0 amide bonds. The molecule has 2 nitrogen and oxygen atoms in total. The lowest BCUT2D eigenvalue weighted by molar-refractivity contribution is 0.0280. The van der Waals surface area contributed by atoms with E-state index in [0.717, 1.165) is 0 Å². The maximum Gasteiger partial charge on any atom is 0.144 e. The van der Waals surface area contributed by atoms with Crippen LogP contribution in [-0.4, -0.2) is 23.7 Å². The lowest BCUT2D eigenvalue weighted by Crippen LogP contribution is -2.32. The molecule has 2 atom stereocenters. The van der Waals surface area contributed by atoms with Crippen LogP contribution in [0.5, 0.6) is 0 Å². The van der Waals surface area contributed by atoms with Crippen molar-refractivity contribution in [2.24, 2.45) is 0 Å². The average Bonchev–Trinajstić information content (AvgIpc) is 2.11. The SMILES string of the molecule is C=COC(CS)C(CS)OC=C. The molecule has 0 N–H and O–H groups in total. The monoisotopic (exact) mass is 206 g/mol. The van der Waals surface area contributed by atoms with Gasteiger partial charge in [0.1, 0.15) is 12.2 Å². The summed E-state index contributed by atoms with van der Waals surface area (Å²) in [5, 5.41) is 0. The molecule has 0 aromatic heterocycles. The maximum absolute atomic E-state index is 5.16. The molecule has 0 aromatic carbocycles. The van der Waals surface area contributed by atoms with Gasteiger partial charge in [0.2, 0.25) is 0 Å². The zero-order valence-electron chi connectivity index (χ0n) is 6.85. The third kappa shape index (κ3) is 3.97. The van der Waals surface area contributed by atoms with Gasteiger partial charge in [-0.1, -0.05) is 13.2 Å². The van der Waals surface area contributed by atoms with Gasteiger partial charge in [-0.05, 0) is 0 Å². The second kappa shape index (κ2) is 7.43. The standard InChI is InChI=1S/C8H14O2S2/c1-3-9-7(5-11)8(6-12)10-4-2/h3-4,7-8,11-12H,1-2,5-6H2. The maximum atomic E-state index is 5.16. The Morgan fingerprint density at radius 2 is 1.33 bits per heavy atom. The summed E-state index contributed by atoms with van der Waals surface area (Å²) in [5.41, 5.74) is 0. The topological polar surface area (TPSA) is 18.5 Å². The number of hydrogen-bond acceptors (Lipinski definition) is 4. The molecule has 0 heterocycles. The molecule has 0 radical (unpaired) electrons. The quantitative estimate of drug-likeness (QED) is 0.489. The van der Waals surface area contributed by atoms with Crippen LogP contribution >= 0.6 is 25.3 Å². The van der Waals surface area contributed by atoms with Crippen molar-refractivity contribution >= 4 is 25.3 Å². The van der Waals surface area contributed by atoms with Crippen LogP contribution in [0.2, 0.25) is 0 Å². The second-order valence-corrected chi connectivity index (χ2v) is 2.78. The normalized spacial score (nSPS) is 14.5. The van der Waals surface area contributed by atoms with Gasteiger partial charge in [0, 0.05) is 11.5 Å². The Morgan fingerprint density at radius 3 is 1.50 bits per heavy atom. The molecule has 2 unspecified atom stereocenters. The van der Waals surface area contributed by atoms with Gasteiger partial charge in [0.15, 0.2) is 0 Å². The molecule has 0 aliphatic heterocycles. The van der Waals surface area contributed by atoms with Gasteiger partial charge in [-0.3, -0.25) is 0 Å². The zero-order valence-corrected chi connectivity index (χ0v) is 8.64. The first kappa shape index (κ1) is 11.8. The fourth-order valence-corrected chi connectivity index (χ4v) is 1.39. The molecular formula is C8H14O2S2. The molecule has 12 heavy (non-hydrogen) atoms. The van der Waals surface area contributed by atoms with Crippen molar-refractivity contribution in [3.05, 3.63) is 25.7 Å². The first-order valence-corrected chi connectivity index (χ1v) is 4.81. The minimum Gasteiger partial charge on any atom is -0.494 e. The second-order valence-electron chi connectivity index (χ2n) is 2.05. The highest BCUT2D eigenvalue weighted by atomic mass is 32.1. The van der Waals surface area contributed by atoms with Crippen LogP contribution in [-0.2, 0) is 9.47 Å². The third-order valence-corrected chi connectivity index (χ3v) is 2.04. The predicted molar refractivity (Wildman–Crippen MR) is 57.8 cm³/mol. The summed E-state index contributed by atoms with van der Waals surface area (Å²) in [6, 6.07) is 0. The highest BCUT2D eigenvalue weighted by molar-refractivity contribution is 7.80. The summed E-state index contributed by atoms with van der Waals surface area (Å²) < 4.78 is 10.3. The van der Waals surface area contributed by atoms with E-state index >= 15 is 0 Å². The molecule has 0 aliphatic rings. The summed E-state index contributed by atoms with van der Waals surface area (Å²) in [5.74, 6) is 1.12. The molecule has 0 fully saturated rings. The summed E-state index contributed by atoms with van der Waals surface area (Å²) in [4.78, 5) is 0. The predicted octanol–water partition coefficient (Wildman–Crippen LogP) is 1.90. The Morgan fingerprint density at radius 1 is 1.00 bits per heavy atom. The zero-order chi connectivity index (χ0) is 9.40. The Hall–Kier alpha value is -0.220. The van der Waals surface area contributed by atoms with E-state index < -0.39 is 0 Å². The van der Waals surface area contributed by atoms with Gasteiger partial charge in [0.25, 0.3) is 0 Å². The lowest BCUT2D eigenvalue weighted by Gasteiger charge is -2.22. The van der Waals surface area contributed by atoms with Crippen molar-refractivity contribution in [2.45, 2.75) is 12.2 Å². The highest BCUT2D eigenvalue weighted by Crippen LogP contribution is 2.08. The number of thiol groups is 2. The largest absolute Gasteiger partial charge is 0.494 e. The summed E-state index contributed by atoms with van der Waals surface area (Å²) in [6.45, 7) is 6.93. The van der Waals surface area contributed by atoms with E-state index in [4.69, 9.17) is 9.47 Å². The summed E-state index contributed by atoms with van der Waals surface area (Å²) in [6.07, 6.45) is 2.51. The molecule has 0 spiro atoms. The van der Waals surface area contributed by atoms with Gasteiger partial charge < -0.3 is 9.47 Å². The van der Waals surface area contributed by atoms with Crippen LogP contribution in [0.25, 0.3) is 0 Å². The van der Waals surface area contributed by atoms with Crippen LogP contribution in [0.1, 0.15) is 0 Å². The van der Waals surface area contributed by atoms with Crippen LogP contribution in [0.15, 0.2) is 25.7 Å². The Balaban J connectivity index is 4.00.